The highest BCUT2D eigenvalue weighted by Gasteiger charge is 2.19. The third-order valence-corrected chi connectivity index (χ3v) is 6.97. The molecule has 4 aromatic rings. The van der Waals surface area contributed by atoms with E-state index in [0.717, 1.165) is 36.2 Å². The standard InChI is InChI=1S/C30H32N4O2.C2H4O2/c35-29(31-18-17-22-20-32-27-14-8-7-13-25(22)27)21-15-16-28(33-23-9-3-1-4-10-23)26(19-21)30(36)34-24-11-5-2-6-12-24;1-4-2-3/h2,5-8,11-16,19-20,23,32-33H,1,3-4,9-10,17-18H2,(H,31,35)(H,34,36);2H,1H3. The molecule has 1 aliphatic carbocycles. The van der Waals surface area contributed by atoms with Crippen molar-refractivity contribution in [2.45, 2.75) is 44.6 Å². The monoisotopic (exact) mass is 540 g/mol. The number of benzene rings is 3. The highest BCUT2D eigenvalue weighted by Crippen LogP contribution is 2.26. The van der Waals surface area contributed by atoms with Gasteiger partial charge in [0.15, 0.2) is 0 Å². The Hall–Kier alpha value is -4.59. The van der Waals surface area contributed by atoms with Crippen molar-refractivity contribution in [3.05, 3.63) is 95.7 Å². The summed E-state index contributed by atoms with van der Waals surface area (Å²) in [4.78, 5) is 38.5. The SMILES string of the molecule is COC=O.O=C(NCCc1c[nH]c2ccccc12)c1ccc(NC2CCCCC2)c(C(=O)Nc2ccccc2)c1. The molecule has 0 unspecified atom stereocenters. The van der Waals surface area contributed by atoms with Crippen LogP contribution in [0.2, 0.25) is 0 Å². The molecule has 8 heteroatoms. The zero-order valence-corrected chi connectivity index (χ0v) is 22.7. The van der Waals surface area contributed by atoms with Crippen molar-refractivity contribution in [2.75, 3.05) is 24.3 Å². The highest BCUT2D eigenvalue weighted by atomic mass is 16.5. The molecule has 2 amide bonds. The van der Waals surface area contributed by atoms with E-state index < -0.39 is 0 Å². The molecule has 0 bridgehead atoms. The molecule has 40 heavy (non-hydrogen) atoms. The van der Waals surface area contributed by atoms with Gasteiger partial charge in [-0.25, -0.2) is 0 Å². The molecule has 3 aromatic carbocycles. The third kappa shape index (κ3) is 7.72. The number of carbonyl (C=O) groups excluding carboxylic acids is 3. The summed E-state index contributed by atoms with van der Waals surface area (Å²) in [7, 11) is 1.31. The van der Waals surface area contributed by atoms with Crippen LogP contribution in [0.5, 0.6) is 0 Å². The summed E-state index contributed by atoms with van der Waals surface area (Å²) in [5, 5.41) is 10.7. The number of methoxy groups -OCH3 is 1. The maximum atomic E-state index is 13.3. The van der Waals surface area contributed by atoms with E-state index in [4.69, 9.17) is 4.79 Å². The van der Waals surface area contributed by atoms with Crippen LogP contribution >= 0.6 is 0 Å². The predicted octanol–water partition coefficient (Wildman–Crippen LogP) is 5.93. The zero-order chi connectivity index (χ0) is 28.2. The predicted molar refractivity (Wildman–Crippen MR) is 159 cm³/mol. The molecule has 0 spiro atoms. The van der Waals surface area contributed by atoms with Gasteiger partial charge in [0, 0.05) is 46.6 Å². The molecule has 1 fully saturated rings. The topological polar surface area (TPSA) is 112 Å². The van der Waals surface area contributed by atoms with E-state index in [2.05, 4.69) is 31.7 Å². The number of aromatic amines is 1. The number of carbonyl (C=O) groups is 3. The van der Waals surface area contributed by atoms with Gasteiger partial charge in [0.2, 0.25) is 0 Å². The average molecular weight is 541 g/mol. The summed E-state index contributed by atoms with van der Waals surface area (Å²) in [6.07, 6.45) is 8.55. The smallest absolute Gasteiger partial charge is 0.292 e. The van der Waals surface area contributed by atoms with Crippen LogP contribution in [0.1, 0.15) is 58.4 Å². The fourth-order valence-electron chi connectivity index (χ4n) is 4.94. The molecular weight excluding hydrogens is 504 g/mol. The second-order valence-corrected chi connectivity index (χ2v) is 9.76. The number of nitrogens with one attached hydrogen (secondary N) is 4. The quantitative estimate of drug-likeness (QED) is 0.197. The molecular formula is C32H36N4O4. The Bertz CT molecular complexity index is 1410. The maximum absolute atomic E-state index is 13.3. The first-order valence-corrected chi connectivity index (χ1v) is 13.7. The minimum atomic E-state index is -0.229. The molecule has 1 aromatic heterocycles. The number of para-hydroxylation sites is 2. The number of rotatable bonds is 9. The molecule has 0 aliphatic heterocycles. The van der Waals surface area contributed by atoms with Crippen molar-refractivity contribution < 1.29 is 19.1 Å². The first-order valence-electron chi connectivity index (χ1n) is 13.7. The molecule has 5 rings (SSSR count). The molecule has 8 nitrogen and oxygen atoms in total. The summed E-state index contributed by atoms with van der Waals surface area (Å²) < 4.78 is 3.86. The maximum Gasteiger partial charge on any atom is 0.292 e. The van der Waals surface area contributed by atoms with Crippen molar-refractivity contribution in [1.82, 2.24) is 10.3 Å². The van der Waals surface area contributed by atoms with Crippen molar-refractivity contribution >= 4 is 40.6 Å². The number of aromatic nitrogens is 1. The third-order valence-electron chi connectivity index (χ3n) is 6.97. The van der Waals surface area contributed by atoms with Crippen LogP contribution in [-0.4, -0.2) is 43.0 Å². The first kappa shape index (κ1) is 28.4. The summed E-state index contributed by atoms with van der Waals surface area (Å²) in [5.74, 6) is -0.416. The highest BCUT2D eigenvalue weighted by molar-refractivity contribution is 6.09. The van der Waals surface area contributed by atoms with Gasteiger partial charge >= 0.3 is 0 Å². The lowest BCUT2D eigenvalue weighted by Gasteiger charge is -2.25. The number of fused-ring (bicyclic) bond motifs is 1. The van der Waals surface area contributed by atoms with Gasteiger partial charge in [0.25, 0.3) is 18.3 Å². The van der Waals surface area contributed by atoms with Gasteiger partial charge in [-0.3, -0.25) is 14.4 Å². The van der Waals surface area contributed by atoms with E-state index >= 15 is 0 Å². The van der Waals surface area contributed by atoms with E-state index in [1.807, 2.05) is 60.8 Å². The molecule has 1 aliphatic rings. The van der Waals surface area contributed by atoms with Crippen LogP contribution < -0.4 is 16.0 Å². The van der Waals surface area contributed by atoms with Crippen molar-refractivity contribution in [3.8, 4) is 0 Å². The fourth-order valence-corrected chi connectivity index (χ4v) is 4.94. The average Bonchev–Trinajstić information content (AvgIpc) is 3.41. The molecule has 208 valence electrons. The van der Waals surface area contributed by atoms with Crippen molar-refractivity contribution in [1.29, 1.82) is 0 Å². The van der Waals surface area contributed by atoms with E-state index in [1.165, 1.54) is 37.3 Å². The molecule has 1 saturated carbocycles. The van der Waals surface area contributed by atoms with Gasteiger partial charge in [-0.1, -0.05) is 55.7 Å². The van der Waals surface area contributed by atoms with Gasteiger partial charge in [-0.2, -0.15) is 0 Å². The molecule has 1 heterocycles. The summed E-state index contributed by atoms with van der Waals surface area (Å²) in [6.45, 7) is 0.883. The van der Waals surface area contributed by atoms with Crippen LogP contribution in [0.25, 0.3) is 10.9 Å². The molecule has 0 atom stereocenters. The fraction of sp³-hybridized carbons (Fsp3) is 0.281. The normalized spacial score (nSPS) is 13.0. The van der Waals surface area contributed by atoms with Gasteiger partial charge in [-0.15, -0.1) is 0 Å². The number of hydrogen-bond acceptors (Lipinski definition) is 5. The van der Waals surface area contributed by atoms with E-state index in [9.17, 15) is 9.59 Å². The van der Waals surface area contributed by atoms with Crippen LogP contribution in [0.15, 0.2) is 79.0 Å². The lowest BCUT2D eigenvalue weighted by atomic mass is 9.94. The van der Waals surface area contributed by atoms with Crippen molar-refractivity contribution in [3.63, 3.8) is 0 Å². The van der Waals surface area contributed by atoms with E-state index in [-0.39, 0.29) is 11.8 Å². The van der Waals surface area contributed by atoms with Crippen LogP contribution in [0, 0.1) is 0 Å². The Labute approximate surface area is 234 Å². The molecule has 0 saturated heterocycles. The Kier molecular flexibility index (Phi) is 10.3. The minimum Gasteiger partial charge on any atom is -0.471 e. The number of hydrogen-bond donors (Lipinski definition) is 4. The zero-order valence-electron chi connectivity index (χ0n) is 22.7. The van der Waals surface area contributed by atoms with E-state index in [0.29, 0.717) is 30.2 Å². The van der Waals surface area contributed by atoms with Crippen molar-refractivity contribution in [2.24, 2.45) is 0 Å². The lowest BCUT2D eigenvalue weighted by molar-refractivity contribution is -0.126. The Morgan fingerprint density at radius 1 is 0.950 bits per heavy atom. The minimum absolute atomic E-state index is 0.187. The Balaban J connectivity index is 0.000000867. The number of ether oxygens (including phenoxy) is 1. The largest absolute Gasteiger partial charge is 0.471 e. The second-order valence-electron chi connectivity index (χ2n) is 9.76. The Morgan fingerprint density at radius 2 is 1.68 bits per heavy atom. The van der Waals surface area contributed by atoms with Crippen LogP contribution in [0.3, 0.4) is 0 Å². The summed E-state index contributed by atoms with van der Waals surface area (Å²) in [6, 6.07) is 23.2. The summed E-state index contributed by atoms with van der Waals surface area (Å²) in [5.41, 5.74) is 4.70. The number of anilines is 2. The van der Waals surface area contributed by atoms with Crippen LogP contribution in [-0.2, 0) is 16.0 Å². The Morgan fingerprint density at radius 3 is 2.42 bits per heavy atom. The van der Waals surface area contributed by atoms with Gasteiger partial charge < -0.3 is 25.7 Å². The van der Waals surface area contributed by atoms with Gasteiger partial charge in [0.1, 0.15) is 0 Å². The molecule has 4 N–H and O–H groups in total. The lowest BCUT2D eigenvalue weighted by Crippen LogP contribution is -2.27. The summed E-state index contributed by atoms with van der Waals surface area (Å²) >= 11 is 0. The van der Waals surface area contributed by atoms with E-state index in [1.54, 1.807) is 12.1 Å². The first-order chi connectivity index (χ1) is 19.6. The number of amides is 2. The second kappa shape index (κ2) is 14.5. The van der Waals surface area contributed by atoms with Gasteiger partial charge in [0.05, 0.1) is 12.7 Å². The number of H-pyrrole nitrogens is 1. The van der Waals surface area contributed by atoms with Gasteiger partial charge in [-0.05, 0) is 61.2 Å². The van der Waals surface area contributed by atoms with Crippen LogP contribution in [0.4, 0.5) is 11.4 Å². The molecule has 0 radical (unpaired) electrons.